The zero-order valence-electron chi connectivity index (χ0n) is 34.8. The van der Waals surface area contributed by atoms with Gasteiger partial charge < -0.3 is 23.9 Å². The summed E-state index contributed by atoms with van der Waals surface area (Å²) in [6.07, 6.45) is 9.11. The second kappa shape index (κ2) is 15.5. The quantitative estimate of drug-likeness (QED) is 0.143. The molecule has 1 saturated carbocycles. The summed E-state index contributed by atoms with van der Waals surface area (Å²) in [7, 11) is -0.171. The van der Waals surface area contributed by atoms with Gasteiger partial charge in [0.15, 0.2) is 8.32 Å². The molecule has 296 valence electrons. The number of carbonyl (C=O) groups excluding carboxylic acids is 1. The van der Waals surface area contributed by atoms with Crippen LogP contribution in [0.3, 0.4) is 0 Å². The Labute approximate surface area is 333 Å². The predicted octanol–water partition coefficient (Wildman–Crippen LogP) is 11.1. The van der Waals surface area contributed by atoms with Gasteiger partial charge in [0.05, 0.1) is 12.8 Å². The van der Waals surface area contributed by atoms with E-state index in [0.29, 0.717) is 24.8 Å². The third-order valence-electron chi connectivity index (χ3n) is 12.4. The molecule has 1 fully saturated rings. The minimum atomic E-state index is -1.85. The van der Waals surface area contributed by atoms with Crippen molar-refractivity contribution < 1.29 is 18.3 Å². The number of aromatic nitrogens is 2. The van der Waals surface area contributed by atoms with Crippen molar-refractivity contribution in [2.24, 2.45) is 0 Å². The maximum Gasteiger partial charge on any atom is 0.254 e. The van der Waals surface area contributed by atoms with E-state index in [4.69, 9.17) is 14.1 Å². The first kappa shape index (κ1) is 39.8. The lowest BCUT2D eigenvalue weighted by Crippen LogP contribution is -2.45. The molecule has 2 aromatic heterocycles. The normalized spacial score (nSPS) is 18.0. The van der Waals surface area contributed by atoms with Crippen LogP contribution in [0.2, 0.25) is 18.1 Å². The van der Waals surface area contributed by atoms with Crippen molar-refractivity contribution in [3.8, 4) is 16.9 Å². The van der Waals surface area contributed by atoms with Crippen LogP contribution in [0.5, 0.6) is 5.75 Å². The topological polar surface area (TPSA) is 68.6 Å². The SMILES string of the molecule is COc1ccc(Cn2cc(N[C@H]3CC[C@H](O[Si](C)(C)C(C)(C)C)CC3)c3c(-c4ccc(CN5CCc6cc(C(C)(C)C)ccc6C5=O)c(F)c4)ccnc32)cc1. The molecule has 3 aromatic carbocycles. The number of halogens is 1. The minimum Gasteiger partial charge on any atom is -0.497 e. The fourth-order valence-electron chi connectivity index (χ4n) is 7.95. The summed E-state index contributed by atoms with van der Waals surface area (Å²) in [4.78, 5) is 20.3. The van der Waals surface area contributed by atoms with Gasteiger partial charge in [-0.2, -0.15) is 0 Å². The predicted molar refractivity (Wildman–Crippen MR) is 229 cm³/mol. The maximum absolute atomic E-state index is 16.2. The van der Waals surface area contributed by atoms with Gasteiger partial charge in [0.2, 0.25) is 0 Å². The molecular formula is C47H59FN4O3Si. The van der Waals surface area contributed by atoms with Gasteiger partial charge in [0.25, 0.3) is 5.91 Å². The molecule has 2 aliphatic rings. The van der Waals surface area contributed by atoms with Crippen molar-refractivity contribution in [3.05, 3.63) is 113 Å². The number of fused-ring (bicyclic) bond motifs is 2. The van der Waals surface area contributed by atoms with Crippen LogP contribution in [-0.2, 0) is 29.4 Å². The number of amides is 1. The largest absolute Gasteiger partial charge is 0.497 e. The van der Waals surface area contributed by atoms with Gasteiger partial charge >= 0.3 is 0 Å². The van der Waals surface area contributed by atoms with E-state index in [-0.39, 0.29) is 34.8 Å². The third kappa shape index (κ3) is 8.30. The number of hydrogen-bond acceptors (Lipinski definition) is 5. The zero-order chi connectivity index (χ0) is 40.0. The molecule has 0 saturated heterocycles. The van der Waals surface area contributed by atoms with Crippen LogP contribution in [0.15, 0.2) is 79.1 Å². The van der Waals surface area contributed by atoms with Gasteiger partial charge in [0.1, 0.15) is 17.2 Å². The van der Waals surface area contributed by atoms with Crippen LogP contribution >= 0.6 is 0 Å². The van der Waals surface area contributed by atoms with Crippen LogP contribution < -0.4 is 10.1 Å². The lowest BCUT2D eigenvalue weighted by Gasteiger charge is -2.41. The van der Waals surface area contributed by atoms with E-state index in [1.165, 1.54) is 5.56 Å². The highest BCUT2D eigenvalue weighted by atomic mass is 28.4. The monoisotopic (exact) mass is 774 g/mol. The number of hydrogen-bond donors (Lipinski definition) is 1. The molecule has 9 heteroatoms. The molecule has 5 aromatic rings. The lowest BCUT2D eigenvalue weighted by atomic mass is 9.84. The van der Waals surface area contributed by atoms with Gasteiger partial charge in [-0.1, -0.05) is 77.9 Å². The molecule has 0 radical (unpaired) electrons. The summed E-state index contributed by atoms with van der Waals surface area (Å²) in [5.74, 6) is 0.457. The molecule has 0 unspecified atom stereocenters. The standard InChI is InChI=1S/C47H59FN4O3Si/c1-46(2,3)35-14-21-40-33(26-35)23-25-51(45(40)53)29-34-13-12-32(27-41(34)48)39-22-24-49-44-43(39)42(30-52(44)28-31-10-17-37(54-7)18-11-31)50-36-15-19-38(20-16-36)55-56(8,9)47(4,5)6/h10-14,17-18,21-22,24,26-27,30,36,38,50H,15-16,19-20,23,25,28-29H2,1-9H3/t36-,38-. The third-order valence-corrected chi connectivity index (χ3v) is 17.0. The molecule has 7 nitrogen and oxygen atoms in total. The highest BCUT2D eigenvalue weighted by Gasteiger charge is 2.40. The fourth-order valence-corrected chi connectivity index (χ4v) is 9.38. The maximum atomic E-state index is 16.2. The summed E-state index contributed by atoms with van der Waals surface area (Å²) in [6, 6.07) is 22.0. The van der Waals surface area contributed by atoms with Gasteiger partial charge in [-0.25, -0.2) is 9.37 Å². The van der Waals surface area contributed by atoms with E-state index in [1.807, 2.05) is 48.7 Å². The summed E-state index contributed by atoms with van der Waals surface area (Å²) < 4.78 is 30.6. The summed E-state index contributed by atoms with van der Waals surface area (Å²) in [5, 5.41) is 5.07. The van der Waals surface area contributed by atoms with Crippen LogP contribution in [-0.4, -0.2) is 54.5 Å². The first-order valence-electron chi connectivity index (χ1n) is 20.3. The smallest absolute Gasteiger partial charge is 0.254 e. The highest BCUT2D eigenvalue weighted by Crippen LogP contribution is 2.41. The number of ether oxygens (including phenoxy) is 1. The highest BCUT2D eigenvalue weighted by molar-refractivity contribution is 6.74. The Morgan fingerprint density at radius 1 is 0.893 bits per heavy atom. The zero-order valence-corrected chi connectivity index (χ0v) is 35.8. The molecule has 1 N–H and O–H groups in total. The molecule has 0 spiro atoms. The van der Waals surface area contributed by atoms with Gasteiger partial charge in [-0.05, 0) is 114 Å². The molecule has 56 heavy (non-hydrogen) atoms. The molecule has 1 amide bonds. The first-order chi connectivity index (χ1) is 26.5. The number of benzene rings is 3. The lowest BCUT2D eigenvalue weighted by molar-refractivity contribution is 0.0725. The molecular weight excluding hydrogens is 716 g/mol. The molecule has 0 bridgehead atoms. The van der Waals surface area contributed by atoms with E-state index in [2.05, 4.69) is 88.9 Å². The number of nitrogens with zero attached hydrogens (tertiary/aromatic N) is 3. The van der Waals surface area contributed by atoms with Gasteiger partial charge in [0, 0.05) is 60.7 Å². The Morgan fingerprint density at radius 3 is 2.29 bits per heavy atom. The van der Waals surface area contributed by atoms with Crippen molar-refractivity contribution in [1.29, 1.82) is 0 Å². The Hall–Kier alpha value is -4.47. The Balaban J connectivity index is 1.15. The average molecular weight is 775 g/mol. The van der Waals surface area contributed by atoms with Crippen molar-refractivity contribution in [2.75, 3.05) is 19.0 Å². The van der Waals surface area contributed by atoms with E-state index >= 15 is 4.39 Å². The summed E-state index contributed by atoms with van der Waals surface area (Å²) >= 11 is 0. The summed E-state index contributed by atoms with van der Waals surface area (Å²) in [5.41, 5.74) is 8.20. The Morgan fingerprint density at radius 2 is 1.62 bits per heavy atom. The molecule has 0 atom stereocenters. The number of pyridine rings is 1. The van der Waals surface area contributed by atoms with Gasteiger partial charge in [-0.3, -0.25) is 4.79 Å². The van der Waals surface area contributed by atoms with Crippen LogP contribution in [0.4, 0.5) is 10.1 Å². The fraction of sp³-hybridized carbons (Fsp3) is 0.447. The van der Waals surface area contributed by atoms with Crippen LogP contribution in [0.25, 0.3) is 22.2 Å². The van der Waals surface area contributed by atoms with Crippen molar-refractivity contribution in [2.45, 2.75) is 122 Å². The Kier molecular flexibility index (Phi) is 11.0. The van der Waals surface area contributed by atoms with E-state index < -0.39 is 8.32 Å². The van der Waals surface area contributed by atoms with Crippen molar-refractivity contribution in [3.63, 3.8) is 0 Å². The van der Waals surface area contributed by atoms with Crippen LogP contribution in [0, 0.1) is 5.82 Å². The summed E-state index contributed by atoms with van der Waals surface area (Å²) in [6.45, 7) is 19.6. The van der Waals surface area contributed by atoms with Crippen molar-refractivity contribution >= 4 is 30.9 Å². The number of carbonyl (C=O) groups is 1. The Bertz CT molecular complexity index is 2210. The number of nitrogens with one attached hydrogen (secondary N) is 1. The molecule has 1 aliphatic carbocycles. The molecule has 7 rings (SSSR count). The molecule has 1 aliphatic heterocycles. The average Bonchev–Trinajstić information content (AvgIpc) is 3.50. The van der Waals surface area contributed by atoms with Crippen LogP contribution in [0.1, 0.15) is 99.8 Å². The minimum absolute atomic E-state index is 0.00990. The number of rotatable bonds is 10. The molecule has 3 heterocycles. The van der Waals surface area contributed by atoms with E-state index in [1.54, 1.807) is 18.1 Å². The van der Waals surface area contributed by atoms with Gasteiger partial charge in [-0.15, -0.1) is 0 Å². The second-order valence-electron chi connectivity index (χ2n) is 18.5. The van der Waals surface area contributed by atoms with E-state index in [9.17, 15) is 4.79 Å². The number of methoxy groups -OCH3 is 1. The van der Waals surface area contributed by atoms with E-state index in [0.717, 1.165) is 82.4 Å². The first-order valence-corrected chi connectivity index (χ1v) is 23.2. The van der Waals surface area contributed by atoms with Crippen molar-refractivity contribution in [1.82, 2.24) is 14.5 Å². The number of anilines is 1. The second-order valence-corrected chi connectivity index (χ2v) is 23.2.